The smallest absolute Gasteiger partial charge is 0.433 e. The van der Waals surface area contributed by atoms with Gasteiger partial charge in [-0.2, -0.15) is 18.3 Å². The van der Waals surface area contributed by atoms with E-state index >= 15 is 0 Å². The maximum atomic E-state index is 13.6. The molecule has 1 aliphatic heterocycles. The van der Waals surface area contributed by atoms with E-state index < -0.39 is 11.9 Å². The summed E-state index contributed by atoms with van der Waals surface area (Å²) in [4.78, 5) is 22.2. The number of ether oxygens (including phenoxy) is 1. The van der Waals surface area contributed by atoms with Crippen molar-refractivity contribution >= 4 is 22.5 Å². The third-order valence-electron chi connectivity index (χ3n) is 6.12. The van der Waals surface area contributed by atoms with Crippen molar-refractivity contribution in [1.82, 2.24) is 24.5 Å². The highest BCUT2D eigenvalue weighted by Gasteiger charge is 2.36. The molecule has 10 heteroatoms. The van der Waals surface area contributed by atoms with E-state index in [-0.39, 0.29) is 17.5 Å². The molecular formula is C23H22F3N5O2. The molecule has 1 amide bonds. The number of fused-ring (bicyclic) bond motifs is 2. The van der Waals surface area contributed by atoms with Crippen molar-refractivity contribution in [3.8, 4) is 5.75 Å². The number of H-pyrrole nitrogens is 1. The van der Waals surface area contributed by atoms with E-state index in [2.05, 4.69) is 15.1 Å². The second-order valence-electron chi connectivity index (χ2n) is 8.16. The van der Waals surface area contributed by atoms with Gasteiger partial charge in [0.05, 0.1) is 12.8 Å². The fourth-order valence-electron chi connectivity index (χ4n) is 4.40. The fraction of sp³-hybridized carbons (Fsp3) is 0.348. The average molecular weight is 457 g/mol. The molecule has 1 aliphatic rings. The van der Waals surface area contributed by atoms with Crippen LogP contribution < -0.4 is 4.74 Å². The number of benzene rings is 1. The number of nitrogens with one attached hydrogen (secondary N) is 1. The summed E-state index contributed by atoms with van der Waals surface area (Å²) in [6.07, 6.45) is -3.54. The van der Waals surface area contributed by atoms with E-state index in [1.165, 1.54) is 0 Å². The Hall–Kier alpha value is -3.56. The van der Waals surface area contributed by atoms with E-state index in [9.17, 15) is 18.0 Å². The fourth-order valence-corrected chi connectivity index (χ4v) is 4.40. The van der Waals surface area contributed by atoms with Gasteiger partial charge in [0.15, 0.2) is 5.65 Å². The number of carbonyl (C=O) groups excluding carboxylic acids is 1. The summed E-state index contributed by atoms with van der Waals surface area (Å²) in [6.45, 7) is 2.62. The van der Waals surface area contributed by atoms with Crippen molar-refractivity contribution in [3.63, 3.8) is 0 Å². The third kappa shape index (κ3) is 3.69. The Morgan fingerprint density at radius 3 is 2.82 bits per heavy atom. The molecule has 0 radical (unpaired) electrons. The van der Waals surface area contributed by atoms with Gasteiger partial charge < -0.3 is 14.6 Å². The minimum absolute atomic E-state index is 0.165. The van der Waals surface area contributed by atoms with Crippen LogP contribution in [0.5, 0.6) is 5.75 Å². The molecule has 1 fully saturated rings. The predicted molar refractivity (Wildman–Crippen MR) is 115 cm³/mol. The first-order chi connectivity index (χ1) is 15.8. The molecule has 3 aromatic heterocycles. The number of likely N-dealkylation sites (tertiary alicyclic amines) is 1. The van der Waals surface area contributed by atoms with Crippen LogP contribution in [0.2, 0.25) is 0 Å². The van der Waals surface area contributed by atoms with Crippen LogP contribution in [0.25, 0.3) is 16.6 Å². The number of hydrogen-bond acceptors (Lipinski definition) is 4. The SMILES string of the molecule is CCc1cc(C(F)(F)F)n2nc([C@@H]3CCN(C(=O)c4cc5c(OC)cccc5[nH]4)C3)cc2n1. The molecule has 1 atom stereocenters. The lowest BCUT2D eigenvalue weighted by molar-refractivity contribution is -0.142. The molecule has 1 N–H and O–H groups in total. The van der Waals surface area contributed by atoms with Gasteiger partial charge in [0.25, 0.3) is 5.91 Å². The number of halogens is 3. The molecule has 172 valence electrons. The number of aromatic amines is 1. The van der Waals surface area contributed by atoms with Crippen LogP contribution in [0.1, 0.15) is 46.8 Å². The van der Waals surface area contributed by atoms with Gasteiger partial charge in [-0.3, -0.25) is 4.79 Å². The molecule has 1 saturated heterocycles. The summed E-state index contributed by atoms with van der Waals surface area (Å²) in [6, 6.07) is 9.94. The second-order valence-corrected chi connectivity index (χ2v) is 8.16. The molecule has 0 spiro atoms. The lowest BCUT2D eigenvalue weighted by Crippen LogP contribution is -2.28. The van der Waals surface area contributed by atoms with Crippen molar-refractivity contribution in [2.24, 2.45) is 0 Å². The number of aromatic nitrogens is 4. The van der Waals surface area contributed by atoms with E-state index in [0.717, 1.165) is 21.5 Å². The number of methoxy groups -OCH3 is 1. The molecule has 0 saturated carbocycles. The number of aryl methyl sites for hydroxylation is 1. The van der Waals surface area contributed by atoms with Crippen LogP contribution in [-0.2, 0) is 12.6 Å². The van der Waals surface area contributed by atoms with Crippen molar-refractivity contribution in [3.05, 3.63) is 59.2 Å². The first-order valence-corrected chi connectivity index (χ1v) is 10.7. The monoisotopic (exact) mass is 457 g/mol. The number of alkyl halides is 3. The van der Waals surface area contributed by atoms with Crippen LogP contribution in [0.3, 0.4) is 0 Å². The predicted octanol–water partition coefficient (Wildman–Crippen LogP) is 4.43. The van der Waals surface area contributed by atoms with Crippen molar-refractivity contribution in [1.29, 1.82) is 0 Å². The molecule has 0 aliphatic carbocycles. The molecule has 0 bridgehead atoms. The Balaban J connectivity index is 1.41. The van der Waals surface area contributed by atoms with Crippen molar-refractivity contribution in [2.75, 3.05) is 20.2 Å². The number of hydrogen-bond donors (Lipinski definition) is 1. The maximum Gasteiger partial charge on any atom is 0.433 e. The van der Waals surface area contributed by atoms with Gasteiger partial charge in [0.1, 0.15) is 17.1 Å². The van der Waals surface area contributed by atoms with E-state index in [0.29, 0.717) is 48.8 Å². The van der Waals surface area contributed by atoms with Gasteiger partial charge in [-0.15, -0.1) is 0 Å². The standard InChI is InChI=1S/C23H22F3N5O2/c1-3-14-9-20(23(24,25)26)31-21(27-14)11-17(29-31)13-7-8-30(12-13)22(32)18-10-15-16(28-18)5-4-6-19(15)33-2/h4-6,9-11,13,28H,3,7-8,12H2,1-2H3/t13-/m1/s1. The first-order valence-electron chi connectivity index (χ1n) is 10.7. The zero-order valence-corrected chi connectivity index (χ0v) is 18.1. The highest BCUT2D eigenvalue weighted by molar-refractivity contribution is 5.99. The lowest BCUT2D eigenvalue weighted by atomic mass is 10.1. The summed E-state index contributed by atoms with van der Waals surface area (Å²) in [5.74, 6) is 0.342. The quantitative estimate of drug-likeness (QED) is 0.492. The maximum absolute atomic E-state index is 13.6. The first kappa shape index (κ1) is 21.3. The largest absolute Gasteiger partial charge is 0.496 e. The molecule has 4 aromatic rings. The molecule has 1 aromatic carbocycles. The zero-order valence-electron chi connectivity index (χ0n) is 18.1. The van der Waals surface area contributed by atoms with Gasteiger partial charge in [-0.05, 0) is 37.1 Å². The second kappa shape index (κ2) is 7.79. The van der Waals surface area contributed by atoms with E-state index in [1.807, 2.05) is 18.2 Å². The summed E-state index contributed by atoms with van der Waals surface area (Å²) >= 11 is 0. The number of rotatable bonds is 4. The Bertz CT molecular complexity index is 1360. The van der Waals surface area contributed by atoms with Gasteiger partial charge in [0.2, 0.25) is 0 Å². The summed E-state index contributed by atoms with van der Waals surface area (Å²) in [5.41, 5.74) is 1.44. The van der Waals surface area contributed by atoms with Crippen LogP contribution in [0, 0.1) is 0 Å². The van der Waals surface area contributed by atoms with Crippen molar-refractivity contribution < 1.29 is 22.7 Å². The Labute approximate surface area is 187 Å². The van der Waals surface area contributed by atoms with Gasteiger partial charge in [-0.25, -0.2) is 9.50 Å². The van der Waals surface area contributed by atoms with Gasteiger partial charge >= 0.3 is 6.18 Å². The zero-order chi connectivity index (χ0) is 23.3. The molecule has 4 heterocycles. The van der Waals surface area contributed by atoms with Crippen LogP contribution in [-0.4, -0.2) is 50.6 Å². The van der Waals surface area contributed by atoms with E-state index in [1.54, 1.807) is 31.1 Å². The summed E-state index contributed by atoms with van der Waals surface area (Å²) in [5, 5.41) is 5.05. The highest BCUT2D eigenvalue weighted by Crippen LogP contribution is 2.33. The topological polar surface area (TPSA) is 75.5 Å². The normalized spacial score (nSPS) is 16.8. The third-order valence-corrected chi connectivity index (χ3v) is 6.12. The highest BCUT2D eigenvalue weighted by atomic mass is 19.4. The summed E-state index contributed by atoms with van der Waals surface area (Å²) < 4.78 is 46.9. The van der Waals surface area contributed by atoms with Gasteiger partial charge in [-0.1, -0.05) is 13.0 Å². The average Bonchev–Trinajstić information content (AvgIpc) is 3.53. The van der Waals surface area contributed by atoms with Crippen LogP contribution in [0.4, 0.5) is 13.2 Å². The minimum Gasteiger partial charge on any atom is -0.496 e. The van der Waals surface area contributed by atoms with Crippen LogP contribution in [0.15, 0.2) is 36.4 Å². The Morgan fingerprint density at radius 1 is 1.27 bits per heavy atom. The van der Waals surface area contributed by atoms with Crippen molar-refractivity contribution in [2.45, 2.75) is 31.9 Å². The number of carbonyl (C=O) groups is 1. The number of nitrogens with zero attached hydrogens (tertiary/aromatic N) is 4. The summed E-state index contributed by atoms with van der Waals surface area (Å²) in [7, 11) is 1.58. The van der Waals surface area contributed by atoms with Crippen LogP contribution >= 0.6 is 0 Å². The molecule has 5 rings (SSSR count). The van der Waals surface area contributed by atoms with Gasteiger partial charge in [0, 0.05) is 41.7 Å². The molecule has 7 nitrogen and oxygen atoms in total. The molecule has 33 heavy (non-hydrogen) atoms. The Kier molecular flexibility index (Phi) is 5.02. The van der Waals surface area contributed by atoms with E-state index in [4.69, 9.17) is 4.74 Å². The molecular weight excluding hydrogens is 435 g/mol. The minimum atomic E-state index is -4.54. The Morgan fingerprint density at radius 2 is 2.09 bits per heavy atom. The lowest BCUT2D eigenvalue weighted by Gasteiger charge is -2.15. The number of amides is 1. The molecule has 0 unspecified atom stereocenters.